The molecule has 3 aromatic rings. The number of ether oxygens (including phenoxy) is 1. The molecule has 0 atom stereocenters. The Labute approximate surface area is 143 Å². The number of aryl methyl sites for hydroxylation is 1. The zero-order valence-electron chi connectivity index (χ0n) is 13.5. The van der Waals surface area contributed by atoms with Crippen molar-refractivity contribution in [1.82, 2.24) is 19.6 Å². The molecule has 0 aliphatic rings. The number of hydrogen-bond acceptors (Lipinski definition) is 5. The van der Waals surface area contributed by atoms with Crippen molar-refractivity contribution in [1.29, 1.82) is 0 Å². The van der Waals surface area contributed by atoms with E-state index in [4.69, 9.17) is 16.3 Å². The monoisotopic (exact) mass is 347 g/mol. The van der Waals surface area contributed by atoms with Gasteiger partial charge in [0.25, 0.3) is 5.56 Å². The first kappa shape index (κ1) is 16.3. The summed E-state index contributed by atoms with van der Waals surface area (Å²) in [6, 6.07) is 7.00. The van der Waals surface area contributed by atoms with Gasteiger partial charge in [0, 0.05) is 23.3 Å². The summed E-state index contributed by atoms with van der Waals surface area (Å²) in [4.78, 5) is 19.5. The molecule has 2 heterocycles. The second-order valence-electron chi connectivity index (χ2n) is 5.36. The highest BCUT2D eigenvalue weighted by Gasteiger charge is 2.09. The van der Waals surface area contributed by atoms with Crippen LogP contribution < -0.4 is 15.6 Å². The molecule has 3 rings (SSSR count). The smallest absolute Gasteiger partial charge is 0.275 e. The Kier molecular flexibility index (Phi) is 4.71. The molecule has 0 radical (unpaired) electrons. The largest absolute Gasteiger partial charge is 0.497 e. The fourth-order valence-corrected chi connectivity index (χ4v) is 2.63. The Bertz CT molecular complexity index is 918. The topological polar surface area (TPSA) is 84.3 Å². The Morgan fingerprint density at radius 1 is 1.38 bits per heavy atom. The molecule has 0 unspecified atom stereocenters. The lowest BCUT2D eigenvalue weighted by Crippen LogP contribution is -2.15. The Balaban J connectivity index is 1.80. The van der Waals surface area contributed by atoms with E-state index < -0.39 is 0 Å². The van der Waals surface area contributed by atoms with Crippen molar-refractivity contribution in [3.05, 3.63) is 50.9 Å². The third-order valence-electron chi connectivity index (χ3n) is 3.60. The summed E-state index contributed by atoms with van der Waals surface area (Å²) < 4.78 is 6.37. The van der Waals surface area contributed by atoms with Gasteiger partial charge in [0.1, 0.15) is 5.75 Å². The van der Waals surface area contributed by atoms with Gasteiger partial charge >= 0.3 is 0 Å². The van der Waals surface area contributed by atoms with Crippen LogP contribution in [-0.4, -0.2) is 26.7 Å². The number of aromatic amines is 1. The van der Waals surface area contributed by atoms with Gasteiger partial charge in [0.15, 0.2) is 0 Å². The van der Waals surface area contributed by atoms with Crippen molar-refractivity contribution >= 4 is 23.3 Å². The van der Waals surface area contributed by atoms with E-state index in [-0.39, 0.29) is 5.56 Å². The first-order valence-corrected chi connectivity index (χ1v) is 8.03. The number of hydrogen-bond donors (Lipinski definition) is 2. The molecule has 0 aliphatic heterocycles. The predicted octanol–water partition coefficient (Wildman–Crippen LogP) is 2.64. The predicted molar refractivity (Wildman–Crippen MR) is 92.9 cm³/mol. The minimum atomic E-state index is -0.199. The number of aromatic nitrogens is 4. The Hall–Kier alpha value is -2.54. The van der Waals surface area contributed by atoms with Gasteiger partial charge in [0.05, 0.1) is 7.11 Å². The number of nitrogens with zero attached hydrogens (tertiary/aromatic N) is 3. The van der Waals surface area contributed by atoms with Gasteiger partial charge in [0.2, 0.25) is 11.7 Å². The maximum atomic E-state index is 12.1. The lowest BCUT2D eigenvalue weighted by Gasteiger charge is -2.06. The van der Waals surface area contributed by atoms with Crippen LogP contribution in [0.5, 0.6) is 5.75 Å². The summed E-state index contributed by atoms with van der Waals surface area (Å²) in [6.07, 6.45) is 1.74. The quantitative estimate of drug-likeness (QED) is 0.716. The Morgan fingerprint density at radius 3 is 2.92 bits per heavy atom. The Morgan fingerprint density at radius 2 is 2.21 bits per heavy atom. The van der Waals surface area contributed by atoms with E-state index in [1.807, 2.05) is 12.1 Å². The van der Waals surface area contributed by atoms with E-state index in [1.54, 1.807) is 19.2 Å². The SMILES string of the molecule is CCCc1cc(=O)n2nc(NCc3ccc(OC)cc3Cl)nc2[nH]1. The summed E-state index contributed by atoms with van der Waals surface area (Å²) >= 11 is 6.21. The second kappa shape index (κ2) is 6.92. The molecule has 1 aromatic carbocycles. The molecule has 0 saturated heterocycles. The van der Waals surface area contributed by atoms with Crippen LogP contribution >= 0.6 is 11.6 Å². The average molecular weight is 348 g/mol. The van der Waals surface area contributed by atoms with Gasteiger partial charge in [-0.1, -0.05) is 31.0 Å². The van der Waals surface area contributed by atoms with E-state index in [9.17, 15) is 4.79 Å². The van der Waals surface area contributed by atoms with Gasteiger partial charge in [-0.05, 0) is 24.1 Å². The van der Waals surface area contributed by atoms with Gasteiger partial charge in [-0.3, -0.25) is 4.79 Å². The summed E-state index contributed by atoms with van der Waals surface area (Å²) in [7, 11) is 1.59. The van der Waals surface area contributed by atoms with E-state index in [1.165, 1.54) is 4.52 Å². The van der Waals surface area contributed by atoms with Gasteiger partial charge in [-0.2, -0.15) is 9.50 Å². The van der Waals surface area contributed by atoms with Crippen LogP contribution in [0.3, 0.4) is 0 Å². The maximum absolute atomic E-state index is 12.1. The molecule has 24 heavy (non-hydrogen) atoms. The summed E-state index contributed by atoms with van der Waals surface area (Å²) in [5, 5.41) is 7.84. The van der Waals surface area contributed by atoms with Crippen LogP contribution in [0.4, 0.5) is 5.95 Å². The zero-order valence-corrected chi connectivity index (χ0v) is 14.2. The molecule has 8 heteroatoms. The lowest BCUT2D eigenvalue weighted by atomic mass is 10.2. The van der Waals surface area contributed by atoms with Gasteiger partial charge < -0.3 is 15.0 Å². The lowest BCUT2D eigenvalue weighted by molar-refractivity contribution is 0.414. The fraction of sp³-hybridized carbons (Fsp3) is 0.312. The summed E-state index contributed by atoms with van der Waals surface area (Å²) in [6.45, 7) is 2.49. The maximum Gasteiger partial charge on any atom is 0.275 e. The number of H-pyrrole nitrogens is 1. The zero-order chi connectivity index (χ0) is 17.1. The molecule has 0 aliphatic carbocycles. The van der Waals surface area contributed by atoms with Gasteiger partial charge in [-0.25, -0.2) is 0 Å². The molecular formula is C16H18ClN5O2. The minimum absolute atomic E-state index is 0.199. The molecular weight excluding hydrogens is 330 g/mol. The van der Waals surface area contributed by atoms with E-state index in [2.05, 4.69) is 27.3 Å². The van der Waals surface area contributed by atoms with Crippen molar-refractivity contribution in [3.8, 4) is 5.75 Å². The number of nitrogens with one attached hydrogen (secondary N) is 2. The van der Waals surface area contributed by atoms with Crippen molar-refractivity contribution in [2.24, 2.45) is 0 Å². The molecule has 0 spiro atoms. The number of halogens is 1. The number of anilines is 1. The first-order chi connectivity index (χ1) is 11.6. The van der Waals surface area contributed by atoms with E-state index >= 15 is 0 Å². The minimum Gasteiger partial charge on any atom is -0.497 e. The third-order valence-corrected chi connectivity index (χ3v) is 3.95. The van der Waals surface area contributed by atoms with Crippen molar-refractivity contribution < 1.29 is 4.74 Å². The highest BCUT2D eigenvalue weighted by molar-refractivity contribution is 6.31. The van der Waals surface area contributed by atoms with E-state index in [0.29, 0.717) is 29.0 Å². The number of fused-ring (bicyclic) bond motifs is 1. The number of benzene rings is 1. The summed E-state index contributed by atoms with van der Waals surface area (Å²) in [5.74, 6) is 1.49. The van der Waals surface area contributed by atoms with Crippen LogP contribution in [-0.2, 0) is 13.0 Å². The van der Waals surface area contributed by atoms with E-state index in [0.717, 1.165) is 24.1 Å². The van der Waals surface area contributed by atoms with Crippen LogP contribution in [0.25, 0.3) is 5.78 Å². The van der Waals surface area contributed by atoms with Crippen molar-refractivity contribution in [2.75, 3.05) is 12.4 Å². The van der Waals surface area contributed by atoms with Crippen LogP contribution in [0.1, 0.15) is 24.6 Å². The average Bonchev–Trinajstić information content (AvgIpc) is 2.97. The van der Waals surface area contributed by atoms with Crippen molar-refractivity contribution in [2.45, 2.75) is 26.3 Å². The number of rotatable bonds is 6. The standard InChI is InChI=1S/C16H18ClN5O2/c1-3-4-11-7-14(23)22-16(19-11)20-15(21-22)18-9-10-5-6-12(24-2)8-13(10)17/h5-8H,3-4,9H2,1-2H3,(H2,18,19,20,21). The molecule has 0 bridgehead atoms. The normalized spacial score (nSPS) is 11.0. The van der Waals surface area contributed by atoms with Crippen LogP contribution in [0.15, 0.2) is 29.1 Å². The first-order valence-electron chi connectivity index (χ1n) is 7.66. The molecule has 0 saturated carbocycles. The fourth-order valence-electron chi connectivity index (χ4n) is 2.39. The highest BCUT2D eigenvalue weighted by atomic mass is 35.5. The van der Waals surface area contributed by atoms with Crippen LogP contribution in [0, 0.1) is 0 Å². The molecule has 7 nitrogen and oxygen atoms in total. The van der Waals surface area contributed by atoms with Crippen molar-refractivity contribution in [3.63, 3.8) is 0 Å². The molecule has 126 valence electrons. The summed E-state index contributed by atoms with van der Waals surface area (Å²) in [5.41, 5.74) is 1.54. The van der Waals surface area contributed by atoms with Gasteiger partial charge in [-0.15, -0.1) is 5.10 Å². The molecule has 0 amide bonds. The van der Waals surface area contributed by atoms with Crippen LogP contribution in [0.2, 0.25) is 5.02 Å². The molecule has 2 N–H and O–H groups in total. The molecule has 2 aromatic heterocycles. The second-order valence-corrected chi connectivity index (χ2v) is 5.77. The highest BCUT2D eigenvalue weighted by Crippen LogP contribution is 2.22. The third kappa shape index (κ3) is 3.35. The number of methoxy groups -OCH3 is 1. The molecule has 0 fully saturated rings.